The second-order valence-corrected chi connectivity index (χ2v) is 6.34. The number of halogens is 2. The maximum atomic E-state index is 13.7. The van der Waals surface area contributed by atoms with Crippen molar-refractivity contribution >= 4 is 11.7 Å². The second kappa shape index (κ2) is 7.28. The van der Waals surface area contributed by atoms with E-state index >= 15 is 0 Å². The number of anilines is 1. The van der Waals surface area contributed by atoms with Gasteiger partial charge in [0.05, 0.1) is 11.9 Å². The largest absolute Gasteiger partial charge is 0.363 e. The number of rotatable bonds is 5. The Bertz CT molecular complexity index is 844. The number of amides is 1. The summed E-state index contributed by atoms with van der Waals surface area (Å²) in [5.74, 6) is -1.35. The molecule has 1 aliphatic heterocycles. The van der Waals surface area contributed by atoms with Gasteiger partial charge in [-0.2, -0.15) is 0 Å². The van der Waals surface area contributed by atoms with Gasteiger partial charge in [0.25, 0.3) is 5.91 Å². The minimum Gasteiger partial charge on any atom is -0.363 e. The molecule has 0 radical (unpaired) electrons. The molecule has 0 saturated carbocycles. The Morgan fingerprint density at radius 2 is 2.15 bits per heavy atom. The van der Waals surface area contributed by atoms with Gasteiger partial charge >= 0.3 is 0 Å². The molecule has 1 amide bonds. The van der Waals surface area contributed by atoms with E-state index in [1.807, 2.05) is 18.7 Å². The summed E-state index contributed by atoms with van der Waals surface area (Å²) in [5, 5.41) is 3.23. The molecule has 138 valence electrons. The van der Waals surface area contributed by atoms with E-state index < -0.39 is 17.5 Å². The molecule has 0 spiro atoms. The number of carbonyl (C=O) groups is 1. The number of hydrogen-bond donors (Lipinski definition) is 2. The average molecular weight is 362 g/mol. The van der Waals surface area contributed by atoms with Crippen LogP contribution in [0.1, 0.15) is 34.0 Å². The maximum Gasteiger partial charge on any atom is 0.286 e. The van der Waals surface area contributed by atoms with Crippen LogP contribution in [-0.4, -0.2) is 40.0 Å². The summed E-state index contributed by atoms with van der Waals surface area (Å²) < 4.78 is 26.6. The number of primary amides is 1. The molecule has 3 N–H and O–H groups in total. The van der Waals surface area contributed by atoms with Gasteiger partial charge in [-0.15, -0.1) is 0 Å². The summed E-state index contributed by atoms with van der Waals surface area (Å²) in [6.45, 7) is 5.28. The topological polar surface area (TPSA) is 97.0 Å². The molecule has 1 aliphatic rings. The van der Waals surface area contributed by atoms with Gasteiger partial charge in [0, 0.05) is 43.0 Å². The minimum atomic E-state index is -0.696. The number of pyridine rings is 1. The Morgan fingerprint density at radius 3 is 2.85 bits per heavy atom. The van der Waals surface area contributed by atoms with Crippen LogP contribution in [0.5, 0.6) is 0 Å². The van der Waals surface area contributed by atoms with Gasteiger partial charge in [0.1, 0.15) is 17.5 Å². The summed E-state index contributed by atoms with van der Waals surface area (Å²) in [5.41, 5.74) is 7.07. The number of hydrogen-bond acceptors (Lipinski definition) is 6. The lowest BCUT2D eigenvalue weighted by Crippen LogP contribution is -2.33. The number of aryl methyl sites for hydroxylation is 1. The number of nitrogens with one attached hydrogen (secondary N) is 1. The highest BCUT2D eigenvalue weighted by atomic mass is 19.1. The Balaban J connectivity index is 1.68. The third-order valence-corrected chi connectivity index (χ3v) is 4.51. The van der Waals surface area contributed by atoms with Crippen molar-refractivity contribution < 1.29 is 13.6 Å². The van der Waals surface area contributed by atoms with Crippen molar-refractivity contribution in [3.8, 4) is 0 Å². The maximum absolute atomic E-state index is 13.7. The van der Waals surface area contributed by atoms with Gasteiger partial charge in [-0.25, -0.2) is 18.7 Å². The molecule has 7 nitrogen and oxygen atoms in total. The van der Waals surface area contributed by atoms with Crippen molar-refractivity contribution in [2.45, 2.75) is 32.9 Å². The van der Waals surface area contributed by atoms with Crippen molar-refractivity contribution in [1.82, 2.24) is 20.3 Å². The smallest absolute Gasteiger partial charge is 0.286 e. The van der Waals surface area contributed by atoms with E-state index in [0.717, 1.165) is 30.8 Å². The summed E-state index contributed by atoms with van der Waals surface area (Å²) >= 11 is 0. The predicted octanol–water partition coefficient (Wildman–Crippen LogP) is 1.23. The van der Waals surface area contributed by atoms with E-state index in [4.69, 9.17) is 5.73 Å². The molecule has 0 unspecified atom stereocenters. The normalized spacial score (nSPS) is 16.9. The molecular formula is C17H20F2N6O. The van der Waals surface area contributed by atoms with E-state index in [9.17, 15) is 13.6 Å². The first-order chi connectivity index (χ1) is 12.3. The highest BCUT2D eigenvalue weighted by Gasteiger charge is 2.26. The van der Waals surface area contributed by atoms with Crippen molar-refractivity contribution in [2.75, 3.05) is 18.0 Å². The zero-order valence-corrected chi connectivity index (χ0v) is 14.6. The monoisotopic (exact) mass is 362 g/mol. The first-order valence-corrected chi connectivity index (χ1v) is 8.28. The van der Waals surface area contributed by atoms with Gasteiger partial charge in [-0.05, 0) is 20.3 Å². The molecule has 2 aromatic heterocycles. The molecule has 3 heterocycles. The Morgan fingerprint density at radius 1 is 1.38 bits per heavy atom. The summed E-state index contributed by atoms with van der Waals surface area (Å²) in [7, 11) is 0. The molecule has 9 heteroatoms. The third kappa shape index (κ3) is 3.77. The van der Waals surface area contributed by atoms with E-state index in [0.29, 0.717) is 18.1 Å². The fraction of sp³-hybridized carbons (Fsp3) is 0.412. The van der Waals surface area contributed by atoms with E-state index in [2.05, 4.69) is 20.3 Å². The van der Waals surface area contributed by atoms with Crippen LogP contribution in [0.4, 0.5) is 14.6 Å². The van der Waals surface area contributed by atoms with Crippen molar-refractivity contribution in [3.05, 3.63) is 46.7 Å². The van der Waals surface area contributed by atoms with Crippen LogP contribution in [0.3, 0.4) is 0 Å². The first kappa shape index (κ1) is 18.1. The van der Waals surface area contributed by atoms with Gasteiger partial charge in [0.15, 0.2) is 0 Å². The lowest BCUT2D eigenvalue weighted by Gasteiger charge is -2.21. The standard InChI is InChI=1S/C17H20F2N6O/c1-9-10(2)23-16(15(20)26)24-17(9)25-4-3-12(8-25)21-7-14-13(19)5-11(18)6-22-14/h5-6,12,21H,3-4,7-8H2,1-2H3,(H2,20,26)/t12-/m1/s1. The molecule has 1 fully saturated rings. The van der Waals surface area contributed by atoms with Crippen molar-refractivity contribution in [2.24, 2.45) is 5.73 Å². The highest BCUT2D eigenvalue weighted by molar-refractivity contribution is 5.89. The summed E-state index contributed by atoms with van der Waals surface area (Å²) in [6.07, 6.45) is 1.82. The zero-order valence-electron chi connectivity index (χ0n) is 14.6. The quantitative estimate of drug-likeness (QED) is 0.831. The van der Waals surface area contributed by atoms with Gasteiger partial charge < -0.3 is 16.0 Å². The Kier molecular flexibility index (Phi) is 5.08. The first-order valence-electron chi connectivity index (χ1n) is 8.28. The third-order valence-electron chi connectivity index (χ3n) is 4.51. The predicted molar refractivity (Wildman–Crippen MR) is 91.6 cm³/mol. The molecule has 26 heavy (non-hydrogen) atoms. The highest BCUT2D eigenvalue weighted by Crippen LogP contribution is 2.24. The summed E-state index contributed by atoms with van der Waals surface area (Å²) in [6, 6.07) is 0.913. The SMILES string of the molecule is Cc1nc(C(N)=O)nc(N2CC[C@@H](NCc3ncc(F)cc3F)C2)c1C. The van der Waals surface area contributed by atoms with Crippen molar-refractivity contribution in [3.63, 3.8) is 0 Å². The number of nitrogens with two attached hydrogens (primary N) is 1. The fourth-order valence-corrected chi connectivity index (χ4v) is 2.96. The minimum absolute atomic E-state index is 0.00269. The molecule has 2 aromatic rings. The lowest BCUT2D eigenvalue weighted by atomic mass is 10.2. The average Bonchev–Trinajstić information content (AvgIpc) is 3.05. The molecular weight excluding hydrogens is 342 g/mol. The van der Waals surface area contributed by atoms with Gasteiger partial charge in [0.2, 0.25) is 5.82 Å². The van der Waals surface area contributed by atoms with Crippen LogP contribution in [0.2, 0.25) is 0 Å². The van der Waals surface area contributed by atoms with E-state index in [1.54, 1.807) is 0 Å². The van der Waals surface area contributed by atoms with Crippen LogP contribution in [0, 0.1) is 25.5 Å². The zero-order chi connectivity index (χ0) is 18.8. The van der Waals surface area contributed by atoms with Crippen LogP contribution in [-0.2, 0) is 6.54 Å². The number of nitrogens with zero attached hydrogens (tertiary/aromatic N) is 4. The van der Waals surface area contributed by atoms with Crippen LogP contribution in [0.25, 0.3) is 0 Å². The Hall–Kier alpha value is -2.68. The molecule has 3 rings (SSSR count). The summed E-state index contributed by atoms with van der Waals surface area (Å²) in [4.78, 5) is 25.6. The van der Waals surface area contributed by atoms with E-state index in [1.165, 1.54) is 0 Å². The van der Waals surface area contributed by atoms with Crippen LogP contribution >= 0.6 is 0 Å². The van der Waals surface area contributed by atoms with Crippen LogP contribution in [0.15, 0.2) is 12.3 Å². The van der Waals surface area contributed by atoms with E-state index in [-0.39, 0.29) is 24.1 Å². The number of aromatic nitrogens is 3. The second-order valence-electron chi connectivity index (χ2n) is 6.34. The Labute approximate surface area is 149 Å². The van der Waals surface area contributed by atoms with Crippen molar-refractivity contribution in [1.29, 1.82) is 0 Å². The molecule has 1 saturated heterocycles. The fourth-order valence-electron chi connectivity index (χ4n) is 2.96. The molecule has 0 aliphatic carbocycles. The van der Waals surface area contributed by atoms with Gasteiger partial charge in [-0.3, -0.25) is 9.78 Å². The van der Waals surface area contributed by atoms with Gasteiger partial charge in [-0.1, -0.05) is 0 Å². The molecule has 0 bridgehead atoms. The van der Waals surface area contributed by atoms with Crippen LogP contribution < -0.4 is 16.0 Å². The molecule has 0 aromatic carbocycles. The number of carbonyl (C=O) groups excluding carboxylic acids is 1. The lowest BCUT2D eigenvalue weighted by molar-refractivity contribution is 0.0990. The molecule has 1 atom stereocenters.